The fourth-order valence-corrected chi connectivity index (χ4v) is 3.16. The molecule has 0 radical (unpaired) electrons. The largest absolute Gasteiger partial charge is 0.493 e. The van der Waals surface area contributed by atoms with E-state index >= 15 is 0 Å². The second kappa shape index (κ2) is 8.22. The van der Waals surface area contributed by atoms with Crippen LogP contribution in [0.25, 0.3) is 10.9 Å². The molecule has 0 saturated carbocycles. The first-order valence-electron chi connectivity index (χ1n) is 8.61. The Morgan fingerprint density at radius 2 is 2.00 bits per heavy atom. The highest BCUT2D eigenvalue weighted by Crippen LogP contribution is 2.36. The van der Waals surface area contributed by atoms with Crippen LogP contribution in [0.2, 0.25) is 5.02 Å². The van der Waals surface area contributed by atoms with E-state index in [0.717, 1.165) is 17.4 Å². The molecule has 7 nitrogen and oxygen atoms in total. The van der Waals surface area contributed by atoms with Gasteiger partial charge in [-0.05, 0) is 43.3 Å². The number of anilines is 1. The Balaban J connectivity index is 1.84. The Labute approximate surface area is 167 Å². The van der Waals surface area contributed by atoms with Crippen LogP contribution in [0.5, 0.6) is 11.5 Å². The van der Waals surface area contributed by atoms with Gasteiger partial charge in [0, 0.05) is 34.9 Å². The third-order valence-corrected chi connectivity index (χ3v) is 4.50. The summed E-state index contributed by atoms with van der Waals surface area (Å²) in [7, 11) is 1.41. The standard InChI is InChI=1S/C20H20ClN3O4/c1-3-24-7-6-12-8-14(4-5-16(12)24)23-20(26)13-9-15(21)19(17(10-13)27-2)28-11-18(22)25/h4-10H,3,11H2,1-2H3,(H2,22,25)(H,23,26). The molecule has 0 aliphatic heterocycles. The minimum absolute atomic E-state index is 0.140. The highest BCUT2D eigenvalue weighted by atomic mass is 35.5. The summed E-state index contributed by atoms with van der Waals surface area (Å²) < 4.78 is 12.6. The number of nitrogens with two attached hydrogens (primary N) is 1. The summed E-state index contributed by atoms with van der Waals surface area (Å²) >= 11 is 6.20. The Morgan fingerprint density at radius 1 is 1.21 bits per heavy atom. The van der Waals surface area contributed by atoms with E-state index in [9.17, 15) is 9.59 Å². The van der Waals surface area contributed by atoms with Crippen LogP contribution in [-0.4, -0.2) is 30.1 Å². The Morgan fingerprint density at radius 3 is 2.68 bits per heavy atom. The van der Waals surface area contributed by atoms with Crippen molar-refractivity contribution in [2.45, 2.75) is 13.5 Å². The van der Waals surface area contributed by atoms with Gasteiger partial charge in [0.1, 0.15) is 0 Å². The van der Waals surface area contributed by atoms with Crippen LogP contribution < -0.4 is 20.5 Å². The Bertz CT molecular complexity index is 1050. The summed E-state index contributed by atoms with van der Waals surface area (Å²) in [5, 5.41) is 4.02. The molecular formula is C20H20ClN3O4. The molecule has 0 spiro atoms. The summed E-state index contributed by atoms with van der Waals surface area (Å²) in [4.78, 5) is 23.6. The molecule has 1 aromatic heterocycles. The average molecular weight is 402 g/mol. The topological polar surface area (TPSA) is 95.6 Å². The van der Waals surface area contributed by atoms with Crippen molar-refractivity contribution >= 4 is 40.0 Å². The monoisotopic (exact) mass is 401 g/mol. The first-order chi connectivity index (χ1) is 13.4. The molecule has 0 bridgehead atoms. The Hall–Kier alpha value is -3.19. The van der Waals surface area contributed by atoms with Crippen LogP contribution >= 0.6 is 11.6 Å². The first kappa shape index (κ1) is 19.6. The van der Waals surface area contributed by atoms with Crippen LogP contribution in [0.1, 0.15) is 17.3 Å². The minimum Gasteiger partial charge on any atom is -0.493 e. The van der Waals surface area contributed by atoms with Gasteiger partial charge in [-0.25, -0.2) is 0 Å². The second-order valence-electron chi connectivity index (χ2n) is 6.07. The number of aromatic nitrogens is 1. The molecule has 8 heteroatoms. The first-order valence-corrected chi connectivity index (χ1v) is 8.99. The molecule has 146 valence electrons. The maximum Gasteiger partial charge on any atom is 0.255 e. The van der Waals surface area contributed by atoms with Gasteiger partial charge in [0.2, 0.25) is 0 Å². The van der Waals surface area contributed by atoms with E-state index in [0.29, 0.717) is 11.3 Å². The lowest BCUT2D eigenvalue weighted by molar-refractivity contribution is -0.119. The van der Waals surface area contributed by atoms with Crippen molar-refractivity contribution in [1.82, 2.24) is 4.57 Å². The van der Waals surface area contributed by atoms with E-state index < -0.39 is 5.91 Å². The second-order valence-corrected chi connectivity index (χ2v) is 6.48. The van der Waals surface area contributed by atoms with E-state index in [-0.39, 0.29) is 29.0 Å². The van der Waals surface area contributed by atoms with Gasteiger partial charge >= 0.3 is 0 Å². The zero-order valence-corrected chi connectivity index (χ0v) is 16.2. The summed E-state index contributed by atoms with van der Waals surface area (Å²) in [6, 6.07) is 10.6. The number of halogens is 1. The molecule has 0 aliphatic rings. The van der Waals surface area contributed by atoms with Crippen molar-refractivity contribution < 1.29 is 19.1 Å². The van der Waals surface area contributed by atoms with Crippen molar-refractivity contribution in [1.29, 1.82) is 0 Å². The summed E-state index contributed by atoms with van der Waals surface area (Å²) in [5.74, 6) is -0.612. The van der Waals surface area contributed by atoms with Crippen LogP contribution in [-0.2, 0) is 11.3 Å². The lowest BCUT2D eigenvalue weighted by Gasteiger charge is -2.13. The van der Waals surface area contributed by atoms with Crippen LogP contribution in [0.3, 0.4) is 0 Å². The summed E-state index contributed by atoms with van der Waals surface area (Å²) in [5.41, 5.74) is 7.13. The van der Waals surface area contributed by atoms with Crippen molar-refractivity contribution in [2.24, 2.45) is 5.73 Å². The van der Waals surface area contributed by atoms with E-state index in [2.05, 4.69) is 16.8 Å². The molecule has 1 heterocycles. The van der Waals surface area contributed by atoms with Gasteiger partial charge < -0.3 is 25.1 Å². The van der Waals surface area contributed by atoms with Gasteiger partial charge in [-0.2, -0.15) is 0 Å². The molecule has 0 atom stereocenters. The zero-order chi connectivity index (χ0) is 20.3. The molecule has 2 amide bonds. The number of benzene rings is 2. The lowest BCUT2D eigenvalue weighted by Crippen LogP contribution is -2.20. The van der Waals surface area contributed by atoms with E-state index in [4.69, 9.17) is 26.8 Å². The van der Waals surface area contributed by atoms with Crippen molar-refractivity contribution in [2.75, 3.05) is 19.0 Å². The SMILES string of the molecule is CCn1ccc2cc(NC(=O)c3cc(Cl)c(OCC(N)=O)c(OC)c3)ccc21. The summed E-state index contributed by atoms with van der Waals surface area (Å²) in [6.45, 7) is 2.60. The van der Waals surface area contributed by atoms with Gasteiger partial charge in [-0.3, -0.25) is 9.59 Å². The number of fused-ring (bicyclic) bond motifs is 1. The Kier molecular flexibility index (Phi) is 5.75. The van der Waals surface area contributed by atoms with Crippen LogP contribution in [0, 0.1) is 0 Å². The van der Waals surface area contributed by atoms with Gasteiger partial charge in [-0.15, -0.1) is 0 Å². The fourth-order valence-electron chi connectivity index (χ4n) is 2.89. The number of primary amides is 1. The summed E-state index contributed by atoms with van der Waals surface area (Å²) in [6.07, 6.45) is 2.01. The molecule has 0 unspecified atom stereocenters. The number of nitrogens with zero attached hydrogens (tertiary/aromatic N) is 1. The molecule has 28 heavy (non-hydrogen) atoms. The molecule has 0 aliphatic carbocycles. The number of nitrogens with one attached hydrogen (secondary N) is 1. The predicted octanol–water partition coefficient (Wildman–Crippen LogP) is 3.44. The third-order valence-electron chi connectivity index (χ3n) is 4.22. The van der Waals surface area contributed by atoms with Gasteiger partial charge in [0.25, 0.3) is 11.8 Å². The molecule has 3 N–H and O–H groups in total. The number of ether oxygens (including phenoxy) is 2. The molecular weight excluding hydrogens is 382 g/mol. The number of hydrogen-bond acceptors (Lipinski definition) is 4. The third kappa shape index (κ3) is 4.04. The van der Waals surface area contributed by atoms with Crippen molar-refractivity contribution in [3.63, 3.8) is 0 Å². The number of carbonyl (C=O) groups is 2. The fraction of sp³-hybridized carbons (Fsp3) is 0.200. The van der Waals surface area contributed by atoms with Crippen LogP contribution in [0.15, 0.2) is 42.6 Å². The number of hydrogen-bond donors (Lipinski definition) is 2. The number of carbonyl (C=O) groups excluding carboxylic acids is 2. The quantitative estimate of drug-likeness (QED) is 0.633. The molecule has 3 aromatic rings. The van der Waals surface area contributed by atoms with E-state index in [1.165, 1.54) is 19.2 Å². The maximum atomic E-state index is 12.7. The van der Waals surface area contributed by atoms with Crippen molar-refractivity contribution in [3.8, 4) is 11.5 Å². The smallest absolute Gasteiger partial charge is 0.255 e. The number of aryl methyl sites for hydroxylation is 1. The molecule has 0 fully saturated rings. The number of rotatable bonds is 7. The predicted molar refractivity (Wildman–Crippen MR) is 108 cm³/mol. The minimum atomic E-state index is -0.646. The van der Waals surface area contributed by atoms with Gasteiger partial charge in [0.15, 0.2) is 18.1 Å². The van der Waals surface area contributed by atoms with Gasteiger partial charge in [-0.1, -0.05) is 11.6 Å². The van der Waals surface area contributed by atoms with E-state index in [1.54, 1.807) is 0 Å². The zero-order valence-electron chi connectivity index (χ0n) is 15.5. The normalized spacial score (nSPS) is 10.7. The highest BCUT2D eigenvalue weighted by Gasteiger charge is 2.17. The molecule has 0 saturated heterocycles. The van der Waals surface area contributed by atoms with Gasteiger partial charge in [0.05, 0.1) is 12.1 Å². The molecule has 2 aromatic carbocycles. The van der Waals surface area contributed by atoms with Crippen molar-refractivity contribution in [3.05, 3.63) is 53.2 Å². The van der Waals surface area contributed by atoms with Crippen LogP contribution in [0.4, 0.5) is 5.69 Å². The molecule has 3 rings (SSSR count). The maximum absolute atomic E-state index is 12.7. The number of methoxy groups -OCH3 is 1. The number of amides is 2. The van der Waals surface area contributed by atoms with E-state index in [1.807, 2.05) is 30.5 Å². The highest BCUT2D eigenvalue weighted by molar-refractivity contribution is 6.32. The lowest BCUT2D eigenvalue weighted by atomic mass is 10.1. The average Bonchev–Trinajstić information content (AvgIpc) is 3.08.